The summed E-state index contributed by atoms with van der Waals surface area (Å²) in [5.41, 5.74) is 1.07. The number of likely N-dealkylation sites (tertiary alicyclic amines) is 1. The normalized spacial score (nSPS) is 29.7. The van der Waals surface area contributed by atoms with Crippen LogP contribution in [0.25, 0.3) is 0 Å². The Balaban J connectivity index is 1.52. The molecule has 0 aromatic carbocycles. The van der Waals surface area contributed by atoms with Crippen molar-refractivity contribution in [2.45, 2.75) is 71.0 Å². The molecule has 2 bridgehead atoms. The number of amides is 2. The van der Waals surface area contributed by atoms with E-state index in [-0.39, 0.29) is 17.9 Å². The zero-order valence-corrected chi connectivity index (χ0v) is 17.8. The van der Waals surface area contributed by atoms with Gasteiger partial charge in [0.15, 0.2) is 0 Å². The molecule has 158 valence electrons. The molecule has 0 saturated carbocycles. The van der Waals surface area contributed by atoms with Gasteiger partial charge in [-0.05, 0) is 37.2 Å². The third-order valence-corrected chi connectivity index (χ3v) is 6.77. The van der Waals surface area contributed by atoms with Gasteiger partial charge in [0.1, 0.15) is 5.82 Å². The number of hydrogen-bond acceptors (Lipinski definition) is 5. The Kier molecular flexibility index (Phi) is 5.86. The first kappa shape index (κ1) is 20.3. The van der Waals surface area contributed by atoms with Gasteiger partial charge in [-0.15, -0.1) is 0 Å². The Labute approximate surface area is 173 Å². The Morgan fingerprint density at radius 3 is 2.86 bits per heavy atom. The van der Waals surface area contributed by atoms with Gasteiger partial charge >= 0.3 is 0 Å². The van der Waals surface area contributed by atoms with Gasteiger partial charge in [-0.1, -0.05) is 13.8 Å². The summed E-state index contributed by atoms with van der Waals surface area (Å²) in [4.78, 5) is 38.1. The molecule has 4 heterocycles. The van der Waals surface area contributed by atoms with Crippen LogP contribution in [0.1, 0.15) is 63.9 Å². The number of rotatable bonds is 5. The van der Waals surface area contributed by atoms with Crippen molar-refractivity contribution >= 4 is 11.8 Å². The number of hydrogen-bond donors (Lipinski definition) is 1. The van der Waals surface area contributed by atoms with Crippen molar-refractivity contribution < 1.29 is 9.59 Å². The van der Waals surface area contributed by atoms with E-state index in [0.29, 0.717) is 36.8 Å². The smallest absolute Gasteiger partial charge is 0.223 e. The first-order valence-electron chi connectivity index (χ1n) is 11.0. The molecule has 0 radical (unpaired) electrons. The lowest BCUT2D eigenvalue weighted by Gasteiger charge is -2.56. The molecule has 0 aliphatic carbocycles. The fourth-order valence-corrected chi connectivity index (χ4v) is 5.52. The zero-order chi connectivity index (χ0) is 20.5. The molecule has 1 N–H and O–H groups in total. The van der Waals surface area contributed by atoms with Crippen molar-refractivity contribution in [3.05, 3.63) is 23.8 Å². The molecule has 0 unspecified atom stereocenters. The number of fused-ring (bicyclic) bond motifs is 4. The molecule has 4 atom stereocenters. The van der Waals surface area contributed by atoms with Gasteiger partial charge in [-0.2, -0.15) is 0 Å². The van der Waals surface area contributed by atoms with Crippen molar-refractivity contribution in [1.82, 2.24) is 25.1 Å². The molecular weight excluding hydrogens is 366 g/mol. The van der Waals surface area contributed by atoms with Crippen LogP contribution >= 0.6 is 0 Å². The highest BCUT2D eigenvalue weighted by atomic mass is 16.2. The summed E-state index contributed by atoms with van der Waals surface area (Å²) in [7, 11) is 0. The van der Waals surface area contributed by atoms with Crippen LogP contribution in [0.15, 0.2) is 12.3 Å². The summed E-state index contributed by atoms with van der Waals surface area (Å²) in [5, 5.41) is 2.98. The minimum Gasteiger partial charge on any atom is -0.354 e. The van der Waals surface area contributed by atoms with Crippen LogP contribution in [0.2, 0.25) is 0 Å². The summed E-state index contributed by atoms with van der Waals surface area (Å²) < 4.78 is 0. The van der Waals surface area contributed by atoms with E-state index in [1.165, 1.54) is 0 Å². The average Bonchev–Trinajstić information content (AvgIpc) is 2.68. The molecule has 4 rings (SSSR count). The van der Waals surface area contributed by atoms with E-state index in [1.807, 2.05) is 12.3 Å². The topological polar surface area (TPSA) is 78.4 Å². The van der Waals surface area contributed by atoms with Crippen molar-refractivity contribution in [3.8, 4) is 0 Å². The summed E-state index contributed by atoms with van der Waals surface area (Å²) in [6.07, 6.45) is 5.73. The van der Waals surface area contributed by atoms with Gasteiger partial charge in [-0.3, -0.25) is 14.5 Å². The van der Waals surface area contributed by atoms with E-state index in [1.54, 1.807) is 6.92 Å². The van der Waals surface area contributed by atoms with Crippen LogP contribution < -0.4 is 5.32 Å². The van der Waals surface area contributed by atoms with Gasteiger partial charge in [0, 0.05) is 57.7 Å². The molecule has 7 heteroatoms. The van der Waals surface area contributed by atoms with Crippen LogP contribution in [-0.4, -0.2) is 63.3 Å². The fraction of sp³-hybridized carbons (Fsp3) is 0.727. The molecule has 2 amide bonds. The van der Waals surface area contributed by atoms with Crippen LogP contribution in [0.4, 0.5) is 0 Å². The number of nitrogens with zero attached hydrogens (tertiary/aromatic N) is 4. The van der Waals surface area contributed by atoms with E-state index in [4.69, 9.17) is 4.98 Å². The van der Waals surface area contributed by atoms with Gasteiger partial charge < -0.3 is 10.2 Å². The number of carbonyl (C=O) groups is 2. The molecule has 3 aliphatic heterocycles. The quantitative estimate of drug-likeness (QED) is 0.819. The number of aromatic nitrogens is 2. The van der Waals surface area contributed by atoms with Gasteiger partial charge in [0.05, 0.1) is 11.7 Å². The molecule has 7 nitrogen and oxygen atoms in total. The largest absolute Gasteiger partial charge is 0.354 e. The lowest BCUT2D eigenvalue weighted by molar-refractivity contribution is -0.153. The van der Waals surface area contributed by atoms with Gasteiger partial charge in [0.25, 0.3) is 0 Å². The maximum absolute atomic E-state index is 12.8. The third kappa shape index (κ3) is 4.29. The summed E-state index contributed by atoms with van der Waals surface area (Å²) in [6, 6.07) is 2.43. The summed E-state index contributed by atoms with van der Waals surface area (Å²) >= 11 is 0. The van der Waals surface area contributed by atoms with Crippen LogP contribution in [0.5, 0.6) is 0 Å². The Hall–Kier alpha value is -2.02. The average molecular weight is 400 g/mol. The SMILES string of the molecule is CC(=O)NC[C@H]1[C@H]2C[C@H](CN(Cc3ccnc(C(C)C)n3)C2)[C@@H]2CCCC(=O)N21. The maximum atomic E-state index is 12.8. The molecule has 3 fully saturated rings. The Morgan fingerprint density at radius 2 is 2.10 bits per heavy atom. The first-order valence-corrected chi connectivity index (χ1v) is 11.0. The number of carbonyl (C=O) groups excluding carboxylic acids is 2. The molecule has 3 aliphatic rings. The van der Waals surface area contributed by atoms with Gasteiger partial charge in [-0.25, -0.2) is 9.97 Å². The van der Waals surface area contributed by atoms with Crippen molar-refractivity contribution in [2.75, 3.05) is 19.6 Å². The molecule has 1 aromatic rings. The minimum absolute atomic E-state index is 0.0250. The predicted octanol–water partition coefficient (Wildman–Crippen LogP) is 1.94. The van der Waals surface area contributed by atoms with Crippen molar-refractivity contribution in [1.29, 1.82) is 0 Å². The standard InChI is InChI=1S/C22H33N5O2/c1-14(2)22-23-8-7-18(25-22)13-26-11-16-9-17(12-26)20(10-24-15(3)28)27-19(16)5-4-6-21(27)29/h7-8,14,16-17,19-20H,4-6,9-13H2,1-3H3,(H,24,28)/t16-,17+,19+,20+/m1/s1. The lowest BCUT2D eigenvalue weighted by Crippen LogP contribution is -2.66. The second-order valence-electron chi connectivity index (χ2n) is 9.28. The van der Waals surface area contributed by atoms with E-state index >= 15 is 0 Å². The highest BCUT2D eigenvalue weighted by Gasteiger charge is 2.49. The zero-order valence-electron chi connectivity index (χ0n) is 17.8. The van der Waals surface area contributed by atoms with E-state index < -0.39 is 0 Å². The summed E-state index contributed by atoms with van der Waals surface area (Å²) in [5.74, 6) is 2.37. The molecule has 0 spiro atoms. The van der Waals surface area contributed by atoms with Crippen LogP contribution in [0.3, 0.4) is 0 Å². The first-order chi connectivity index (χ1) is 13.9. The van der Waals surface area contributed by atoms with Crippen LogP contribution in [-0.2, 0) is 16.1 Å². The molecule has 29 heavy (non-hydrogen) atoms. The Bertz CT molecular complexity index is 767. The third-order valence-electron chi connectivity index (χ3n) is 6.77. The molecule has 1 aromatic heterocycles. The minimum atomic E-state index is -0.0250. The predicted molar refractivity (Wildman–Crippen MR) is 110 cm³/mol. The highest BCUT2D eigenvalue weighted by Crippen LogP contribution is 2.41. The van der Waals surface area contributed by atoms with Crippen molar-refractivity contribution in [2.24, 2.45) is 11.8 Å². The van der Waals surface area contributed by atoms with Crippen LogP contribution in [0, 0.1) is 11.8 Å². The maximum Gasteiger partial charge on any atom is 0.223 e. The van der Waals surface area contributed by atoms with E-state index in [0.717, 1.165) is 50.4 Å². The lowest BCUT2D eigenvalue weighted by atomic mass is 9.72. The van der Waals surface area contributed by atoms with E-state index in [9.17, 15) is 9.59 Å². The molecule has 3 saturated heterocycles. The number of nitrogens with one attached hydrogen (secondary N) is 1. The highest BCUT2D eigenvalue weighted by molar-refractivity contribution is 5.78. The summed E-state index contributed by atoms with van der Waals surface area (Å²) in [6.45, 7) is 9.13. The number of piperidine rings is 3. The monoisotopic (exact) mass is 399 g/mol. The Morgan fingerprint density at radius 1 is 1.31 bits per heavy atom. The second-order valence-corrected chi connectivity index (χ2v) is 9.28. The van der Waals surface area contributed by atoms with Crippen molar-refractivity contribution in [3.63, 3.8) is 0 Å². The van der Waals surface area contributed by atoms with E-state index in [2.05, 4.69) is 33.9 Å². The fourth-order valence-electron chi connectivity index (χ4n) is 5.52. The molecular formula is C22H33N5O2. The second kappa shape index (κ2) is 8.38. The van der Waals surface area contributed by atoms with Gasteiger partial charge in [0.2, 0.25) is 11.8 Å².